The number of aliphatic hydroxyl groups is 1. The molecule has 3 atom stereocenters. The maximum atomic E-state index is 13.3. The van der Waals surface area contributed by atoms with Gasteiger partial charge in [-0.1, -0.05) is 12.1 Å². The lowest BCUT2D eigenvalue weighted by Crippen LogP contribution is -2.37. The fourth-order valence-electron chi connectivity index (χ4n) is 3.23. The summed E-state index contributed by atoms with van der Waals surface area (Å²) in [5.41, 5.74) is 0.911. The molecule has 1 aromatic rings. The zero-order valence-corrected chi connectivity index (χ0v) is 14.4. The summed E-state index contributed by atoms with van der Waals surface area (Å²) in [6.45, 7) is 3.90. The molecular weight excluding hydrogens is 325 g/mol. The van der Waals surface area contributed by atoms with E-state index in [1.54, 1.807) is 17.0 Å². The highest BCUT2D eigenvalue weighted by Gasteiger charge is 2.40. The van der Waals surface area contributed by atoms with Gasteiger partial charge in [-0.2, -0.15) is 0 Å². The van der Waals surface area contributed by atoms with Crippen molar-refractivity contribution in [3.63, 3.8) is 0 Å². The molecule has 6 heteroatoms. The summed E-state index contributed by atoms with van der Waals surface area (Å²) >= 11 is 0. The van der Waals surface area contributed by atoms with Crippen LogP contribution in [0.1, 0.15) is 31.2 Å². The maximum Gasteiger partial charge on any atom is 0.288 e. The molecule has 1 saturated heterocycles. The molecule has 2 aliphatic rings. The number of hydrogen-bond donors (Lipinski definition) is 1. The first-order valence-corrected chi connectivity index (χ1v) is 8.79. The average molecular weight is 349 g/mol. The summed E-state index contributed by atoms with van der Waals surface area (Å²) in [6, 6.07) is 6.30. The van der Waals surface area contributed by atoms with Gasteiger partial charge in [-0.15, -0.1) is 0 Å². The van der Waals surface area contributed by atoms with Gasteiger partial charge in [0, 0.05) is 38.1 Å². The minimum atomic E-state index is -0.560. The van der Waals surface area contributed by atoms with Gasteiger partial charge >= 0.3 is 0 Å². The standard InChI is InChI=1S/C19H24FNO4/c1-2-24-19-15(4-3-11-22)16(13-5-7-14(20)8-6-13)12-17(25-19)18(23)21-9-10-21/h5-8,12,15-16,19,22H,2-4,9-11H2,1H3/t15-,16-,19-/m1/s1. The summed E-state index contributed by atoms with van der Waals surface area (Å²) < 4.78 is 24.9. The molecule has 1 aromatic carbocycles. The molecule has 0 radical (unpaired) electrons. The third-order valence-electron chi connectivity index (χ3n) is 4.61. The van der Waals surface area contributed by atoms with Crippen LogP contribution in [0.5, 0.6) is 0 Å². The second-order valence-corrected chi connectivity index (χ2v) is 6.37. The van der Waals surface area contributed by atoms with E-state index >= 15 is 0 Å². The van der Waals surface area contributed by atoms with Crippen LogP contribution in [0.3, 0.4) is 0 Å². The normalized spacial score (nSPS) is 25.3. The number of ether oxygens (including phenoxy) is 2. The number of hydrogen-bond acceptors (Lipinski definition) is 4. The van der Waals surface area contributed by atoms with Crippen LogP contribution < -0.4 is 0 Å². The van der Waals surface area contributed by atoms with Gasteiger partial charge in [0.2, 0.25) is 6.29 Å². The first-order chi connectivity index (χ1) is 12.1. The van der Waals surface area contributed by atoms with Crippen LogP contribution in [-0.4, -0.2) is 48.5 Å². The smallest absolute Gasteiger partial charge is 0.288 e. The Morgan fingerprint density at radius 3 is 2.68 bits per heavy atom. The monoisotopic (exact) mass is 349 g/mol. The van der Waals surface area contributed by atoms with Gasteiger partial charge in [-0.05, 0) is 43.5 Å². The minimum Gasteiger partial charge on any atom is -0.459 e. The summed E-state index contributed by atoms with van der Waals surface area (Å²) in [4.78, 5) is 14.1. The van der Waals surface area contributed by atoms with Crippen LogP contribution in [0.15, 0.2) is 36.1 Å². The number of allylic oxidation sites excluding steroid dienone is 1. The Labute approximate surface area is 147 Å². The van der Waals surface area contributed by atoms with E-state index in [4.69, 9.17) is 9.47 Å². The molecular formula is C19H24FNO4. The minimum absolute atomic E-state index is 0.0525. The van der Waals surface area contributed by atoms with Crippen molar-refractivity contribution in [3.8, 4) is 0 Å². The molecule has 0 unspecified atom stereocenters. The molecule has 1 amide bonds. The predicted molar refractivity (Wildman–Crippen MR) is 90.1 cm³/mol. The summed E-state index contributed by atoms with van der Waals surface area (Å²) in [7, 11) is 0. The van der Waals surface area contributed by atoms with Crippen molar-refractivity contribution in [1.29, 1.82) is 0 Å². The van der Waals surface area contributed by atoms with Crippen LogP contribution in [-0.2, 0) is 14.3 Å². The quantitative estimate of drug-likeness (QED) is 0.768. The van der Waals surface area contributed by atoms with Crippen molar-refractivity contribution in [2.24, 2.45) is 5.92 Å². The van der Waals surface area contributed by atoms with Crippen LogP contribution >= 0.6 is 0 Å². The van der Waals surface area contributed by atoms with E-state index in [1.165, 1.54) is 12.1 Å². The van der Waals surface area contributed by atoms with Crippen molar-refractivity contribution in [2.75, 3.05) is 26.3 Å². The Balaban J connectivity index is 1.93. The van der Waals surface area contributed by atoms with Crippen LogP contribution in [0.4, 0.5) is 4.39 Å². The van der Waals surface area contributed by atoms with Gasteiger partial charge in [0.05, 0.1) is 0 Å². The van der Waals surface area contributed by atoms with Crippen molar-refractivity contribution in [1.82, 2.24) is 4.90 Å². The Bertz CT molecular complexity index is 627. The third-order valence-corrected chi connectivity index (χ3v) is 4.61. The molecule has 1 fully saturated rings. The molecule has 0 spiro atoms. The van der Waals surface area contributed by atoms with Gasteiger partial charge < -0.3 is 19.5 Å². The van der Waals surface area contributed by atoms with Crippen molar-refractivity contribution >= 4 is 5.91 Å². The van der Waals surface area contributed by atoms with Crippen LogP contribution in [0.2, 0.25) is 0 Å². The van der Waals surface area contributed by atoms with E-state index in [9.17, 15) is 14.3 Å². The summed E-state index contributed by atoms with van der Waals surface area (Å²) in [5, 5.41) is 9.22. The van der Waals surface area contributed by atoms with Gasteiger partial charge in [0.25, 0.3) is 5.91 Å². The van der Waals surface area contributed by atoms with E-state index in [2.05, 4.69) is 0 Å². The first kappa shape index (κ1) is 17.9. The molecule has 136 valence electrons. The zero-order chi connectivity index (χ0) is 17.8. The first-order valence-electron chi connectivity index (χ1n) is 8.79. The van der Waals surface area contributed by atoms with E-state index in [1.807, 2.05) is 13.0 Å². The SMILES string of the molecule is CCO[C@@H]1OC(C(=O)N2CC2)=C[C@H](c2ccc(F)cc2)[C@H]1CCCO. The second kappa shape index (κ2) is 7.97. The highest BCUT2D eigenvalue weighted by molar-refractivity contribution is 5.93. The van der Waals surface area contributed by atoms with Crippen molar-refractivity contribution in [3.05, 3.63) is 47.5 Å². The van der Waals surface area contributed by atoms with Gasteiger partial charge in [0.1, 0.15) is 5.82 Å². The number of halogens is 1. The largest absolute Gasteiger partial charge is 0.459 e. The lowest BCUT2D eigenvalue weighted by molar-refractivity contribution is -0.168. The van der Waals surface area contributed by atoms with Crippen molar-refractivity contribution < 1.29 is 23.8 Å². The molecule has 2 aliphatic heterocycles. The molecule has 1 N–H and O–H groups in total. The predicted octanol–water partition coefficient (Wildman–Crippen LogP) is 2.42. The van der Waals surface area contributed by atoms with Gasteiger partial charge in [-0.3, -0.25) is 4.79 Å². The number of aliphatic hydroxyl groups excluding tert-OH is 1. The molecule has 0 aromatic heterocycles. The fraction of sp³-hybridized carbons (Fsp3) is 0.526. The average Bonchev–Trinajstić information content (AvgIpc) is 3.45. The Hall–Kier alpha value is -1.92. The number of carbonyl (C=O) groups is 1. The lowest BCUT2D eigenvalue weighted by Gasteiger charge is -2.37. The van der Waals surface area contributed by atoms with Crippen LogP contribution in [0.25, 0.3) is 0 Å². The topological polar surface area (TPSA) is 58.8 Å². The number of benzene rings is 1. The summed E-state index contributed by atoms with van der Waals surface area (Å²) in [6.07, 6.45) is 2.56. The Morgan fingerprint density at radius 2 is 2.08 bits per heavy atom. The number of carbonyl (C=O) groups excluding carboxylic acids is 1. The van der Waals surface area contributed by atoms with E-state index < -0.39 is 6.29 Å². The van der Waals surface area contributed by atoms with Crippen LogP contribution in [0, 0.1) is 11.7 Å². The Morgan fingerprint density at radius 1 is 1.36 bits per heavy atom. The maximum absolute atomic E-state index is 13.3. The lowest BCUT2D eigenvalue weighted by atomic mass is 9.80. The van der Waals surface area contributed by atoms with E-state index in [-0.39, 0.29) is 30.2 Å². The highest BCUT2D eigenvalue weighted by atomic mass is 19.1. The second-order valence-electron chi connectivity index (χ2n) is 6.37. The number of amides is 1. The molecule has 0 aliphatic carbocycles. The van der Waals surface area contributed by atoms with Crippen molar-refractivity contribution in [2.45, 2.75) is 32.0 Å². The van der Waals surface area contributed by atoms with E-state index in [0.29, 0.717) is 25.2 Å². The highest BCUT2D eigenvalue weighted by Crippen LogP contribution is 2.40. The van der Waals surface area contributed by atoms with Gasteiger partial charge in [0.15, 0.2) is 5.76 Å². The number of nitrogens with zero attached hydrogens (tertiary/aromatic N) is 1. The van der Waals surface area contributed by atoms with E-state index in [0.717, 1.165) is 18.7 Å². The molecule has 25 heavy (non-hydrogen) atoms. The molecule has 0 bridgehead atoms. The van der Waals surface area contributed by atoms with Gasteiger partial charge in [-0.25, -0.2) is 4.39 Å². The third kappa shape index (κ3) is 4.19. The molecule has 0 saturated carbocycles. The zero-order valence-electron chi connectivity index (χ0n) is 14.4. The number of rotatable bonds is 7. The molecule has 3 rings (SSSR count). The Kier molecular flexibility index (Phi) is 5.71. The molecule has 2 heterocycles. The fourth-order valence-corrected chi connectivity index (χ4v) is 3.23. The molecule has 5 nitrogen and oxygen atoms in total. The summed E-state index contributed by atoms with van der Waals surface area (Å²) in [5.74, 6) is -0.309.